The van der Waals surface area contributed by atoms with Crippen LogP contribution in [0.25, 0.3) is 10.9 Å². The van der Waals surface area contributed by atoms with E-state index in [0.29, 0.717) is 0 Å². The van der Waals surface area contributed by atoms with Gasteiger partial charge in [-0.15, -0.1) is 0 Å². The molecule has 0 saturated heterocycles. The van der Waals surface area contributed by atoms with Crippen LogP contribution in [0.4, 0.5) is 0 Å². The summed E-state index contributed by atoms with van der Waals surface area (Å²) in [6.45, 7) is 4.79. The molecule has 0 saturated carbocycles. The zero-order valence-corrected chi connectivity index (χ0v) is 19.3. The van der Waals surface area contributed by atoms with Crippen LogP contribution in [0.3, 0.4) is 0 Å². The normalized spacial score (nSPS) is 16.8. The number of para-hydroxylation sites is 1. The van der Waals surface area contributed by atoms with Crippen LogP contribution in [-0.2, 0) is 36.1 Å². The average Bonchev–Trinajstić information content (AvgIpc) is 3.35. The largest absolute Gasteiger partial charge is 0.347 e. The fourth-order valence-electron chi connectivity index (χ4n) is 4.81. The number of carbonyl (C=O) groups is 1. The summed E-state index contributed by atoms with van der Waals surface area (Å²) in [4.78, 5) is 22.5. The number of imidazole rings is 1. The van der Waals surface area contributed by atoms with E-state index in [9.17, 15) is 4.79 Å². The lowest BCUT2D eigenvalue weighted by Crippen LogP contribution is -2.28. The van der Waals surface area contributed by atoms with Crippen molar-refractivity contribution >= 4 is 22.6 Å². The quantitative estimate of drug-likeness (QED) is 0.333. The number of hydrogen-bond acceptors (Lipinski definition) is 4. The standard InChI is InChI=1S/C27H28N4O2/c1-18-8-10-20(11-9-18)16-25(32)33-29-27-21(17-31-15-14-28-19(31)2)12-13-24-26(27)22-6-4-5-7-23(22)30(24)3/h4-11,14-15,21H,12-13,16-17H2,1-3H3/b29-27+. The number of aryl methyl sites for hydroxylation is 3. The molecule has 1 aliphatic carbocycles. The number of fused-ring (bicyclic) bond motifs is 3. The molecule has 1 atom stereocenters. The Hall–Kier alpha value is -3.67. The Balaban J connectivity index is 1.50. The van der Waals surface area contributed by atoms with Gasteiger partial charge < -0.3 is 14.0 Å². The Morgan fingerprint density at radius 1 is 1.15 bits per heavy atom. The molecular formula is C27H28N4O2. The molecule has 33 heavy (non-hydrogen) atoms. The van der Waals surface area contributed by atoms with Crippen LogP contribution < -0.4 is 0 Å². The van der Waals surface area contributed by atoms with Crippen LogP contribution in [-0.4, -0.2) is 25.8 Å². The first-order valence-electron chi connectivity index (χ1n) is 11.4. The highest BCUT2D eigenvalue weighted by molar-refractivity contribution is 6.14. The van der Waals surface area contributed by atoms with Crippen molar-refractivity contribution in [2.45, 2.75) is 39.7 Å². The number of rotatable bonds is 5. The van der Waals surface area contributed by atoms with Gasteiger partial charge in [-0.25, -0.2) is 9.78 Å². The second-order valence-corrected chi connectivity index (χ2v) is 8.86. The van der Waals surface area contributed by atoms with E-state index in [1.807, 2.05) is 56.6 Å². The van der Waals surface area contributed by atoms with Gasteiger partial charge in [0, 0.05) is 54.1 Å². The van der Waals surface area contributed by atoms with Crippen LogP contribution in [0.5, 0.6) is 0 Å². The summed E-state index contributed by atoms with van der Waals surface area (Å²) in [5.41, 5.74) is 6.44. The van der Waals surface area contributed by atoms with E-state index in [-0.39, 0.29) is 18.3 Å². The molecule has 5 rings (SSSR count). The first kappa shape index (κ1) is 21.2. The fourth-order valence-corrected chi connectivity index (χ4v) is 4.81. The predicted octanol–water partition coefficient (Wildman–Crippen LogP) is 4.74. The van der Waals surface area contributed by atoms with Gasteiger partial charge in [0.15, 0.2) is 0 Å². The molecule has 0 radical (unpaired) electrons. The molecule has 0 amide bonds. The van der Waals surface area contributed by atoms with Crippen molar-refractivity contribution < 1.29 is 9.63 Å². The molecule has 0 aliphatic heterocycles. The van der Waals surface area contributed by atoms with Crippen LogP contribution in [0.2, 0.25) is 0 Å². The van der Waals surface area contributed by atoms with Crippen LogP contribution in [0, 0.1) is 19.8 Å². The van der Waals surface area contributed by atoms with E-state index in [0.717, 1.165) is 53.0 Å². The Morgan fingerprint density at radius 3 is 2.70 bits per heavy atom. The van der Waals surface area contributed by atoms with Crippen molar-refractivity contribution in [2.24, 2.45) is 18.1 Å². The third-order valence-electron chi connectivity index (χ3n) is 6.66. The van der Waals surface area contributed by atoms with Gasteiger partial charge in [-0.2, -0.15) is 0 Å². The summed E-state index contributed by atoms with van der Waals surface area (Å²) >= 11 is 0. The molecule has 0 spiro atoms. The van der Waals surface area contributed by atoms with Gasteiger partial charge in [0.1, 0.15) is 5.82 Å². The van der Waals surface area contributed by atoms with Crippen molar-refractivity contribution in [1.82, 2.24) is 14.1 Å². The topological polar surface area (TPSA) is 61.4 Å². The van der Waals surface area contributed by atoms with Crippen LogP contribution in [0.15, 0.2) is 66.1 Å². The molecule has 0 N–H and O–H groups in total. The number of carbonyl (C=O) groups excluding carboxylic acids is 1. The molecule has 168 valence electrons. The number of aromatic nitrogens is 3. The van der Waals surface area contributed by atoms with Crippen LogP contribution in [0.1, 0.15) is 34.6 Å². The first-order valence-corrected chi connectivity index (χ1v) is 11.4. The molecule has 1 aliphatic rings. The van der Waals surface area contributed by atoms with E-state index in [1.54, 1.807) is 0 Å². The van der Waals surface area contributed by atoms with E-state index in [4.69, 9.17) is 4.84 Å². The van der Waals surface area contributed by atoms with Crippen molar-refractivity contribution in [2.75, 3.05) is 0 Å². The molecule has 1 unspecified atom stereocenters. The van der Waals surface area contributed by atoms with E-state index in [1.165, 1.54) is 11.2 Å². The second kappa shape index (κ2) is 8.70. The second-order valence-electron chi connectivity index (χ2n) is 8.86. The molecule has 2 aromatic carbocycles. The lowest BCUT2D eigenvalue weighted by atomic mass is 9.84. The third kappa shape index (κ3) is 4.09. The van der Waals surface area contributed by atoms with E-state index in [2.05, 4.69) is 44.5 Å². The molecule has 6 nitrogen and oxygen atoms in total. The highest BCUT2D eigenvalue weighted by Crippen LogP contribution is 2.35. The Morgan fingerprint density at radius 2 is 1.94 bits per heavy atom. The number of oxime groups is 1. The average molecular weight is 441 g/mol. The van der Waals surface area contributed by atoms with Gasteiger partial charge >= 0.3 is 5.97 Å². The first-order chi connectivity index (χ1) is 16.0. The van der Waals surface area contributed by atoms with Gasteiger partial charge in [-0.1, -0.05) is 53.2 Å². The maximum absolute atomic E-state index is 12.6. The highest BCUT2D eigenvalue weighted by Gasteiger charge is 2.31. The Bertz CT molecular complexity index is 1340. The molecule has 6 heteroatoms. The van der Waals surface area contributed by atoms with Gasteiger partial charge in [0.2, 0.25) is 0 Å². The van der Waals surface area contributed by atoms with E-state index >= 15 is 0 Å². The third-order valence-corrected chi connectivity index (χ3v) is 6.66. The molecule has 0 bridgehead atoms. The SMILES string of the molecule is Cc1ccc(CC(=O)O/N=C2/c3c(n(C)c4ccccc34)CCC2Cn2ccnc2C)cc1. The zero-order valence-electron chi connectivity index (χ0n) is 19.3. The molecule has 2 aromatic heterocycles. The van der Waals surface area contributed by atoms with Gasteiger partial charge in [0.05, 0.1) is 12.1 Å². The predicted molar refractivity (Wildman–Crippen MR) is 129 cm³/mol. The van der Waals surface area contributed by atoms with Gasteiger partial charge in [0.25, 0.3) is 0 Å². The van der Waals surface area contributed by atoms with Crippen molar-refractivity contribution in [3.05, 3.63) is 89.1 Å². The summed E-state index contributed by atoms with van der Waals surface area (Å²) in [5, 5.41) is 5.66. The minimum absolute atomic E-state index is 0.128. The number of benzene rings is 2. The molecule has 0 fully saturated rings. The molecule has 4 aromatic rings. The number of nitrogens with zero attached hydrogens (tertiary/aromatic N) is 4. The van der Waals surface area contributed by atoms with Crippen molar-refractivity contribution in [3.8, 4) is 0 Å². The lowest BCUT2D eigenvalue weighted by Gasteiger charge is -2.25. The van der Waals surface area contributed by atoms with E-state index < -0.39 is 0 Å². The molecular weight excluding hydrogens is 412 g/mol. The lowest BCUT2D eigenvalue weighted by molar-refractivity contribution is -0.142. The smallest absolute Gasteiger partial charge is 0.339 e. The number of hydrogen-bond donors (Lipinski definition) is 0. The summed E-state index contributed by atoms with van der Waals surface area (Å²) in [7, 11) is 2.10. The maximum atomic E-state index is 12.6. The summed E-state index contributed by atoms with van der Waals surface area (Å²) in [6.07, 6.45) is 5.90. The minimum Gasteiger partial charge on any atom is -0.347 e. The van der Waals surface area contributed by atoms with Crippen LogP contribution >= 0.6 is 0 Å². The monoisotopic (exact) mass is 440 g/mol. The van der Waals surface area contributed by atoms with Crippen molar-refractivity contribution in [3.63, 3.8) is 0 Å². The highest BCUT2D eigenvalue weighted by atomic mass is 16.7. The van der Waals surface area contributed by atoms with Gasteiger partial charge in [-0.3, -0.25) is 0 Å². The zero-order chi connectivity index (χ0) is 22.9. The fraction of sp³-hybridized carbons (Fsp3) is 0.296. The minimum atomic E-state index is -0.351. The summed E-state index contributed by atoms with van der Waals surface area (Å²) in [6, 6.07) is 16.3. The summed E-state index contributed by atoms with van der Waals surface area (Å²) in [5.74, 6) is 0.745. The summed E-state index contributed by atoms with van der Waals surface area (Å²) < 4.78 is 4.39. The van der Waals surface area contributed by atoms with Crippen molar-refractivity contribution in [1.29, 1.82) is 0 Å². The Kier molecular flexibility index (Phi) is 5.58. The molecule has 2 heterocycles. The van der Waals surface area contributed by atoms with Gasteiger partial charge in [-0.05, 0) is 38.3 Å². The Labute approximate surface area is 193 Å². The maximum Gasteiger partial charge on any atom is 0.339 e.